The fraction of sp³-hybridized carbons (Fsp3) is 0.400. The van der Waals surface area contributed by atoms with Crippen LogP contribution in [0.5, 0.6) is 0 Å². The molecule has 1 aliphatic heterocycles. The Labute approximate surface area is 123 Å². The number of amides is 1. The Hall–Kier alpha value is -2.21. The third-order valence-electron chi connectivity index (χ3n) is 3.71. The number of aromatic nitrogens is 3. The second-order valence-corrected chi connectivity index (χ2v) is 5.26. The lowest BCUT2D eigenvalue weighted by Gasteiger charge is -2.18. The van der Waals surface area contributed by atoms with Gasteiger partial charge < -0.3 is 14.6 Å². The van der Waals surface area contributed by atoms with Gasteiger partial charge in [0.15, 0.2) is 0 Å². The molecule has 0 radical (unpaired) electrons. The van der Waals surface area contributed by atoms with Gasteiger partial charge in [-0.3, -0.25) is 9.78 Å². The van der Waals surface area contributed by atoms with Crippen LogP contribution >= 0.6 is 0 Å². The molecule has 1 N–H and O–H groups in total. The Bertz CT molecular complexity index is 653. The van der Waals surface area contributed by atoms with Gasteiger partial charge in [0.25, 0.3) is 0 Å². The van der Waals surface area contributed by atoms with Gasteiger partial charge in [0.1, 0.15) is 11.9 Å². The van der Waals surface area contributed by atoms with Gasteiger partial charge in [0, 0.05) is 43.6 Å². The molecule has 2 atom stereocenters. The molecule has 21 heavy (non-hydrogen) atoms. The van der Waals surface area contributed by atoms with Crippen molar-refractivity contribution >= 4 is 11.6 Å². The summed E-state index contributed by atoms with van der Waals surface area (Å²) in [5.74, 6) is 0.532. The Morgan fingerprint density at radius 3 is 3.00 bits per heavy atom. The van der Waals surface area contributed by atoms with Gasteiger partial charge in [-0.2, -0.15) is 0 Å². The largest absolute Gasteiger partial charge is 0.369 e. The van der Waals surface area contributed by atoms with E-state index in [2.05, 4.69) is 15.3 Å². The summed E-state index contributed by atoms with van der Waals surface area (Å²) >= 11 is 0. The average molecular weight is 286 g/mol. The zero-order chi connectivity index (χ0) is 14.8. The molecule has 6 heteroatoms. The molecule has 2 aromatic rings. The number of nitrogens with zero attached hydrogens (tertiary/aromatic N) is 3. The molecule has 0 saturated carbocycles. The molecular weight excluding hydrogens is 268 g/mol. The number of imidazole rings is 1. The third kappa shape index (κ3) is 2.80. The van der Waals surface area contributed by atoms with Crippen LogP contribution in [0.2, 0.25) is 0 Å². The maximum atomic E-state index is 12.5. The molecule has 1 amide bonds. The summed E-state index contributed by atoms with van der Waals surface area (Å²) in [6.45, 7) is 2.47. The Morgan fingerprint density at radius 1 is 1.43 bits per heavy atom. The van der Waals surface area contributed by atoms with E-state index in [1.54, 1.807) is 18.5 Å². The summed E-state index contributed by atoms with van der Waals surface area (Å²) in [6.07, 6.45) is 5.68. The van der Waals surface area contributed by atoms with Gasteiger partial charge in [0.2, 0.25) is 5.91 Å². The normalized spacial score (nSPS) is 21.4. The lowest BCUT2D eigenvalue weighted by Crippen LogP contribution is -2.26. The smallest absolute Gasteiger partial charge is 0.230 e. The molecule has 0 aliphatic carbocycles. The van der Waals surface area contributed by atoms with Crippen molar-refractivity contribution in [1.29, 1.82) is 0 Å². The van der Waals surface area contributed by atoms with E-state index in [9.17, 15) is 4.79 Å². The van der Waals surface area contributed by atoms with Gasteiger partial charge >= 0.3 is 0 Å². The predicted molar refractivity (Wildman–Crippen MR) is 77.6 cm³/mol. The number of carbonyl (C=O) groups is 1. The van der Waals surface area contributed by atoms with Crippen LogP contribution in [0.3, 0.4) is 0 Å². The van der Waals surface area contributed by atoms with E-state index in [-0.39, 0.29) is 17.9 Å². The van der Waals surface area contributed by atoms with E-state index in [1.807, 2.05) is 30.8 Å². The minimum atomic E-state index is -0.284. The number of nitrogens with one attached hydrogen (secondary N) is 1. The fourth-order valence-corrected chi connectivity index (χ4v) is 2.62. The van der Waals surface area contributed by atoms with Gasteiger partial charge in [-0.25, -0.2) is 4.98 Å². The van der Waals surface area contributed by atoms with Gasteiger partial charge in [0.05, 0.1) is 5.92 Å². The van der Waals surface area contributed by atoms with Crippen molar-refractivity contribution < 1.29 is 9.53 Å². The van der Waals surface area contributed by atoms with E-state index < -0.39 is 0 Å². The van der Waals surface area contributed by atoms with E-state index in [4.69, 9.17) is 4.74 Å². The van der Waals surface area contributed by atoms with Crippen molar-refractivity contribution in [2.24, 2.45) is 13.0 Å². The Balaban J connectivity index is 1.76. The highest BCUT2D eigenvalue weighted by Gasteiger charge is 2.37. The average Bonchev–Trinajstić information content (AvgIpc) is 3.06. The fourth-order valence-electron chi connectivity index (χ4n) is 2.62. The first-order valence-electron chi connectivity index (χ1n) is 6.97. The van der Waals surface area contributed by atoms with Crippen LogP contribution in [0, 0.1) is 12.8 Å². The summed E-state index contributed by atoms with van der Waals surface area (Å²) in [5.41, 5.74) is 1.63. The SMILES string of the molecule is Cc1cc(NC(=O)[C@@H]2CCO[C@H]2c2nccn2C)ccn1. The molecule has 1 saturated heterocycles. The third-order valence-corrected chi connectivity index (χ3v) is 3.71. The van der Waals surface area contributed by atoms with Gasteiger partial charge in [-0.1, -0.05) is 0 Å². The molecule has 3 rings (SSSR count). The number of ether oxygens (including phenoxy) is 1. The number of aryl methyl sites for hydroxylation is 2. The van der Waals surface area contributed by atoms with Gasteiger partial charge in [-0.15, -0.1) is 0 Å². The molecule has 0 aromatic carbocycles. The number of carbonyl (C=O) groups excluding carboxylic acids is 1. The zero-order valence-corrected chi connectivity index (χ0v) is 12.1. The summed E-state index contributed by atoms with van der Waals surface area (Å²) in [5, 5.41) is 2.94. The molecule has 0 unspecified atom stereocenters. The van der Waals surface area contributed by atoms with Crippen molar-refractivity contribution in [2.75, 3.05) is 11.9 Å². The van der Waals surface area contributed by atoms with Gasteiger partial charge in [-0.05, 0) is 25.5 Å². The van der Waals surface area contributed by atoms with Crippen LogP contribution in [0.15, 0.2) is 30.7 Å². The first kappa shape index (κ1) is 13.8. The molecule has 3 heterocycles. The van der Waals surface area contributed by atoms with Crippen LogP contribution in [-0.2, 0) is 16.6 Å². The molecule has 110 valence electrons. The van der Waals surface area contributed by atoms with E-state index in [0.717, 1.165) is 17.2 Å². The second-order valence-electron chi connectivity index (χ2n) is 5.26. The number of pyridine rings is 1. The minimum Gasteiger partial charge on any atom is -0.369 e. The highest BCUT2D eigenvalue weighted by molar-refractivity contribution is 5.93. The predicted octanol–water partition coefficient (Wildman–Crippen LogP) is 1.84. The quantitative estimate of drug-likeness (QED) is 0.934. The number of anilines is 1. The van der Waals surface area contributed by atoms with E-state index in [0.29, 0.717) is 13.0 Å². The van der Waals surface area contributed by atoms with Crippen LogP contribution < -0.4 is 5.32 Å². The summed E-state index contributed by atoms with van der Waals surface area (Å²) in [7, 11) is 1.91. The number of hydrogen-bond donors (Lipinski definition) is 1. The zero-order valence-electron chi connectivity index (χ0n) is 12.1. The van der Waals surface area contributed by atoms with Crippen LogP contribution in [0.4, 0.5) is 5.69 Å². The van der Waals surface area contributed by atoms with Crippen LogP contribution in [-0.4, -0.2) is 27.0 Å². The molecule has 1 aliphatic rings. The highest BCUT2D eigenvalue weighted by atomic mass is 16.5. The standard InChI is InChI=1S/C15H18N4O2/c1-10-9-11(3-5-16-10)18-15(20)12-4-8-21-13(12)14-17-6-7-19(14)2/h3,5-7,9,12-13H,4,8H2,1-2H3,(H,16,18,20)/t12-,13-/m1/s1. The van der Waals surface area contributed by atoms with E-state index >= 15 is 0 Å². The van der Waals surface area contributed by atoms with Crippen molar-refractivity contribution in [3.63, 3.8) is 0 Å². The number of hydrogen-bond acceptors (Lipinski definition) is 4. The van der Waals surface area contributed by atoms with Crippen molar-refractivity contribution in [3.8, 4) is 0 Å². The summed E-state index contributed by atoms with van der Waals surface area (Å²) in [4.78, 5) is 20.9. The van der Waals surface area contributed by atoms with E-state index in [1.165, 1.54) is 0 Å². The maximum Gasteiger partial charge on any atom is 0.230 e. The molecule has 2 aromatic heterocycles. The van der Waals surface area contributed by atoms with Crippen LogP contribution in [0.1, 0.15) is 24.0 Å². The summed E-state index contributed by atoms with van der Waals surface area (Å²) < 4.78 is 7.61. The van der Waals surface area contributed by atoms with Crippen molar-refractivity contribution in [1.82, 2.24) is 14.5 Å². The Morgan fingerprint density at radius 2 is 2.29 bits per heavy atom. The first-order valence-corrected chi connectivity index (χ1v) is 6.97. The monoisotopic (exact) mass is 286 g/mol. The lowest BCUT2D eigenvalue weighted by molar-refractivity contribution is -0.121. The summed E-state index contributed by atoms with van der Waals surface area (Å²) in [6, 6.07) is 3.64. The maximum absolute atomic E-state index is 12.5. The highest BCUT2D eigenvalue weighted by Crippen LogP contribution is 2.34. The van der Waals surface area contributed by atoms with Crippen molar-refractivity contribution in [3.05, 3.63) is 42.2 Å². The molecule has 6 nitrogen and oxygen atoms in total. The first-order chi connectivity index (χ1) is 10.1. The number of rotatable bonds is 3. The molecule has 1 fully saturated rings. The Kier molecular flexibility index (Phi) is 3.70. The molecular formula is C15H18N4O2. The second kappa shape index (κ2) is 5.65. The van der Waals surface area contributed by atoms with Crippen molar-refractivity contribution in [2.45, 2.75) is 19.4 Å². The minimum absolute atomic E-state index is 0.0360. The topological polar surface area (TPSA) is 69.0 Å². The van der Waals surface area contributed by atoms with Crippen LogP contribution in [0.25, 0.3) is 0 Å². The lowest BCUT2D eigenvalue weighted by atomic mass is 9.99. The molecule has 0 spiro atoms. The molecule has 0 bridgehead atoms.